The van der Waals surface area contributed by atoms with Crippen LogP contribution in [0, 0.1) is 15.9 Å². The molecule has 23 heavy (non-hydrogen) atoms. The van der Waals surface area contributed by atoms with E-state index in [9.17, 15) is 19.3 Å². The van der Waals surface area contributed by atoms with E-state index in [1.165, 1.54) is 30.3 Å². The Hall–Kier alpha value is -2.58. The number of thiazole rings is 1. The molecule has 1 heterocycles. The molecule has 6 nitrogen and oxygen atoms in total. The van der Waals surface area contributed by atoms with Crippen molar-refractivity contribution in [2.45, 2.75) is 0 Å². The molecule has 0 saturated heterocycles. The van der Waals surface area contributed by atoms with Crippen molar-refractivity contribution < 1.29 is 14.1 Å². The van der Waals surface area contributed by atoms with Crippen molar-refractivity contribution in [1.29, 1.82) is 0 Å². The minimum Gasteiger partial charge on any atom is -0.298 e. The van der Waals surface area contributed by atoms with E-state index in [0.717, 1.165) is 17.4 Å². The monoisotopic (exact) mass is 351 g/mol. The number of anilines is 1. The van der Waals surface area contributed by atoms with Crippen LogP contribution in [0.1, 0.15) is 10.4 Å². The molecule has 9 heteroatoms. The number of nitrogens with one attached hydrogen (secondary N) is 1. The molecule has 1 N–H and O–H groups in total. The highest BCUT2D eigenvalue weighted by molar-refractivity contribution is 7.22. The van der Waals surface area contributed by atoms with Crippen molar-refractivity contribution >= 4 is 49.9 Å². The fourth-order valence-electron chi connectivity index (χ4n) is 1.92. The topological polar surface area (TPSA) is 85.1 Å². The molecule has 3 aromatic rings. The summed E-state index contributed by atoms with van der Waals surface area (Å²) < 4.78 is 13.7. The summed E-state index contributed by atoms with van der Waals surface area (Å²) in [6.07, 6.45) is 0. The Morgan fingerprint density at radius 3 is 2.83 bits per heavy atom. The Balaban J connectivity index is 1.91. The highest BCUT2D eigenvalue weighted by atomic mass is 35.5. The summed E-state index contributed by atoms with van der Waals surface area (Å²) in [6, 6.07) is 7.65. The Kier molecular flexibility index (Phi) is 3.93. The van der Waals surface area contributed by atoms with Crippen molar-refractivity contribution in [2.75, 3.05) is 5.32 Å². The van der Waals surface area contributed by atoms with Crippen LogP contribution in [0.4, 0.5) is 15.2 Å². The first-order chi connectivity index (χ1) is 10.9. The fourth-order valence-corrected chi connectivity index (χ4v) is 3.01. The molecule has 0 radical (unpaired) electrons. The molecule has 0 fully saturated rings. The molecule has 0 unspecified atom stereocenters. The van der Waals surface area contributed by atoms with E-state index in [1.807, 2.05) is 0 Å². The van der Waals surface area contributed by atoms with Gasteiger partial charge < -0.3 is 0 Å². The fraction of sp³-hybridized carbons (Fsp3) is 0. The number of carbonyl (C=O) groups is 1. The minimum atomic E-state index is -0.627. The smallest absolute Gasteiger partial charge is 0.270 e. The molecule has 0 atom stereocenters. The summed E-state index contributed by atoms with van der Waals surface area (Å²) in [5, 5.41) is 13.6. The van der Waals surface area contributed by atoms with E-state index < -0.39 is 16.6 Å². The van der Waals surface area contributed by atoms with Crippen molar-refractivity contribution in [3.8, 4) is 0 Å². The third-order valence-electron chi connectivity index (χ3n) is 2.98. The van der Waals surface area contributed by atoms with Gasteiger partial charge in [-0.3, -0.25) is 20.2 Å². The lowest BCUT2D eigenvalue weighted by molar-refractivity contribution is -0.384. The number of rotatable bonds is 3. The highest BCUT2D eigenvalue weighted by Crippen LogP contribution is 2.28. The summed E-state index contributed by atoms with van der Waals surface area (Å²) in [6.45, 7) is 0. The molecule has 3 rings (SSSR count). The molecule has 1 aromatic heterocycles. The molecule has 0 spiro atoms. The van der Waals surface area contributed by atoms with Crippen LogP contribution < -0.4 is 5.32 Å². The van der Waals surface area contributed by atoms with E-state index in [-0.39, 0.29) is 21.4 Å². The molecule has 2 aromatic carbocycles. The first kappa shape index (κ1) is 15.3. The van der Waals surface area contributed by atoms with Crippen LogP contribution in [0.25, 0.3) is 10.2 Å². The van der Waals surface area contributed by atoms with Gasteiger partial charge in [-0.1, -0.05) is 22.9 Å². The number of nitro benzene ring substituents is 1. The number of amides is 1. The SMILES string of the molecule is O=C(Nc1nc2ccc(F)cc2s1)c1cc([N+](=O)[O-])ccc1Cl. The number of carbonyl (C=O) groups excluding carboxylic acids is 1. The standard InChI is InChI=1S/C14H7ClFN3O3S/c15-10-3-2-8(19(21)22)6-9(10)13(20)18-14-17-11-4-1-7(16)5-12(11)23-14/h1-6H,(H,17,18,20). The first-order valence-electron chi connectivity index (χ1n) is 6.25. The Labute approximate surface area is 137 Å². The molecule has 0 aliphatic carbocycles. The Morgan fingerprint density at radius 2 is 2.09 bits per heavy atom. The average molecular weight is 352 g/mol. The van der Waals surface area contributed by atoms with Crippen molar-refractivity contribution in [2.24, 2.45) is 0 Å². The van der Waals surface area contributed by atoms with Gasteiger partial charge in [0.1, 0.15) is 5.82 Å². The van der Waals surface area contributed by atoms with E-state index in [1.54, 1.807) is 0 Å². The molecular formula is C14H7ClFN3O3S. The van der Waals surface area contributed by atoms with E-state index in [2.05, 4.69) is 10.3 Å². The zero-order valence-corrected chi connectivity index (χ0v) is 12.8. The summed E-state index contributed by atoms with van der Waals surface area (Å²) in [7, 11) is 0. The summed E-state index contributed by atoms with van der Waals surface area (Å²) in [5.74, 6) is -1.03. The van der Waals surface area contributed by atoms with Crippen molar-refractivity contribution in [1.82, 2.24) is 4.98 Å². The molecule has 0 aliphatic heterocycles. The number of nitro groups is 1. The number of non-ortho nitro benzene ring substituents is 1. The van der Waals surface area contributed by atoms with Gasteiger partial charge in [0.2, 0.25) is 0 Å². The number of benzene rings is 2. The number of hydrogen-bond acceptors (Lipinski definition) is 5. The maximum atomic E-state index is 13.2. The lowest BCUT2D eigenvalue weighted by atomic mass is 10.2. The summed E-state index contributed by atoms with van der Waals surface area (Å²) in [4.78, 5) is 26.5. The number of aromatic nitrogens is 1. The zero-order valence-electron chi connectivity index (χ0n) is 11.2. The van der Waals surface area contributed by atoms with Crippen LogP contribution in [0.3, 0.4) is 0 Å². The zero-order chi connectivity index (χ0) is 16.6. The van der Waals surface area contributed by atoms with Gasteiger partial charge in [-0.25, -0.2) is 9.37 Å². The second kappa shape index (κ2) is 5.90. The van der Waals surface area contributed by atoms with Gasteiger partial charge >= 0.3 is 0 Å². The normalized spacial score (nSPS) is 10.7. The van der Waals surface area contributed by atoms with Gasteiger partial charge in [-0.15, -0.1) is 0 Å². The predicted molar refractivity (Wildman–Crippen MR) is 85.6 cm³/mol. The third kappa shape index (κ3) is 3.13. The van der Waals surface area contributed by atoms with Crippen molar-refractivity contribution in [3.63, 3.8) is 0 Å². The van der Waals surface area contributed by atoms with Gasteiger partial charge in [-0.2, -0.15) is 0 Å². The van der Waals surface area contributed by atoms with Crippen LogP contribution >= 0.6 is 22.9 Å². The number of fused-ring (bicyclic) bond motifs is 1. The van der Waals surface area contributed by atoms with Gasteiger partial charge in [0, 0.05) is 12.1 Å². The Morgan fingerprint density at radius 1 is 1.30 bits per heavy atom. The second-order valence-corrected chi connectivity index (χ2v) is 5.94. The van der Waals surface area contributed by atoms with E-state index in [0.29, 0.717) is 10.2 Å². The molecular weight excluding hydrogens is 345 g/mol. The van der Waals surface area contributed by atoms with Gasteiger partial charge in [0.05, 0.1) is 25.7 Å². The van der Waals surface area contributed by atoms with Gasteiger partial charge in [0.15, 0.2) is 5.13 Å². The average Bonchev–Trinajstić information content (AvgIpc) is 2.88. The largest absolute Gasteiger partial charge is 0.298 e. The van der Waals surface area contributed by atoms with E-state index in [4.69, 9.17) is 11.6 Å². The van der Waals surface area contributed by atoms with Gasteiger partial charge in [-0.05, 0) is 24.3 Å². The second-order valence-electron chi connectivity index (χ2n) is 4.51. The minimum absolute atomic E-state index is 0.0358. The quantitative estimate of drug-likeness (QED) is 0.564. The molecule has 0 saturated carbocycles. The van der Waals surface area contributed by atoms with Crippen LogP contribution in [-0.2, 0) is 0 Å². The van der Waals surface area contributed by atoms with Crippen LogP contribution in [0.15, 0.2) is 36.4 Å². The predicted octanol–water partition coefficient (Wildman–Crippen LogP) is 4.25. The molecule has 1 amide bonds. The summed E-state index contributed by atoms with van der Waals surface area (Å²) >= 11 is 7.00. The van der Waals surface area contributed by atoms with Gasteiger partial charge in [0.25, 0.3) is 11.6 Å². The number of nitrogens with zero attached hydrogens (tertiary/aromatic N) is 2. The maximum Gasteiger partial charge on any atom is 0.270 e. The van der Waals surface area contributed by atoms with Crippen LogP contribution in [-0.4, -0.2) is 15.8 Å². The number of halogens is 2. The van der Waals surface area contributed by atoms with Crippen LogP contribution in [0.2, 0.25) is 5.02 Å². The Bertz CT molecular complexity index is 944. The lowest BCUT2D eigenvalue weighted by Crippen LogP contribution is -2.12. The lowest BCUT2D eigenvalue weighted by Gasteiger charge is -2.03. The van der Waals surface area contributed by atoms with E-state index >= 15 is 0 Å². The molecule has 0 bridgehead atoms. The van der Waals surface area contributed by atoms with Crippen molar-refractivity contribution in [3.05, 3.63) is 62.9 Å². The third-order valence-corrected chi connectivity index (χ3v) is 4.24. The van der Waals surface area contributed by atoms with Crippen LogP contribution in [0.5, 0.6) is 0 Å². The number of hydrogen-bond donors (Lipinski definition) is 1. The highest BCUT2D eigenvalue weighted by Gasteiger charge is 2.17. The molecule has 0 aliphatic rings. The first-order valence-corrected chi connectivity index (χ1v) is 7.45. The maximum absolute atomic E-state index is 13.2. The molecule has 116 valence electrons. The summed E-state index contributed by atoms with van der Waals surface area (Å²) in [5.41, 5.74) is 0.258.